The van der Waals surface area contributed by atoms with E-state index in [9.17, 15) is 19.2 Å². The number of carboxylic acid groups (broad SMARTS) is 1. The minimum atomic E-state index is -0.630. The summed E-state index contributed by atoms with van der Waals surface area (Å²) in [4.78, 5) is 45.9. The second kappa shape index (κ2) is 10.6. The molecule has 41 heavy (non-hydrogen) atoms. The first kappa shape index (κ1) is 27.4. The molecule has 2 spiro atoms. The van der Waals surface area contributed by atoms with E-state index in [1.165, 1.54) is 0 Å². The highest BCUT2D eigenvalue weighted by atomic mass is 16.4. The van der Waals surface area contributed by atoms with Crippen LogP contribution >= 0.6 is 0 Å². The van der Waals surface area contributed by atoms with Crippen LogP contribution in [-0.2, 0) is 19.2 Å². The topological polar surface area (TPSA) is 151 Å². The first-order valence-electron chi connectivity index (χ1n) is 14.8. The summed E-state index contributed by atoms with van der Waals surface area (Å²) in [6.45, 7) is 0. The highest BCUT2D eigenvalue weighted by molar-refractivity contribution is 5.91. The predicted octanol–water partition coefficient (Wildman–Crippen LogP) is 2.98. The van der Waals surface area contributed by atoms with Gasteiger partial charge < -0.3 is 26.8 Å². The Morgan fingerprint density at radius 3 is 1.61 bits per heavy atom. The third-order valence-electron chi connectivity index (χ3n) is 9.47. The summed E-state index contributed by atoms with van der Waals surface area (Å²) in [6, 6.07) is 19.7. The van der Waals surface area contributed by atoms with Gasteiger partial charge in [-0.2, -0.15) is 0 Å². The molecule has 0 radical (unpaired) electrons. The van der Waals surface area contributed by atoms with Crippen molar-refractivity contribution in [2.75, 3.05) is 0 Å². The van der Waals surface area contributed by atoms with E-state index in [2.05, 4.69) is 16.0 Å². The normalized spacial score (nSPS) is 29.3. The maximum absolute atomic E-state index is 12.3. The van der Waals surface area contributed by atoms with Crippen LogP contribution in [0.2, 0.25) is 0 Å². The Morgan fingerprint density at radius 1 is 0.732 bits per heavy atom. The Bertz CT molecular complexity index is 1320. The van der Waals surface area contributed by atoms with Crippen LogP contribution in [0.4, 0.5) is 0 Å². The molecule has 2 heterocycles. The smallest absolute Gasteiger partial charge is 0.306 e. The van der Waals surface area contributed by atoms with Gasteiger partial charge in [-0.05, 0) is 62.5 Å². The summed E-state index contributed by atoms with van der Waals surface area (Å²) in [5, 5.41) is 17.3. The molecule has 9 nitrogen and oxygen atoms in total. The third kappa shape index (κ3) is 5.47. The number of carboxylic acids is 1. The van der Waals surface area contributed by atoms with Crippen molar-refractivity contribution in [3.63, 3.8) is 0 Å². The number of carbonyl (C=O) groups excluding carboxylic acids is 3. The molecule has 2 aromatic rings. The van der Waals surface area contributed by atoms with Crippen molar-refractivity contribution in [3.8, 4) is 0 Å². The Kier molecular flexibility index (Phi) is 7.09. The monoisotopic (exact) mass is 558 g/mol. The second-order valence-corrected chi connectivity index (χ2v) is 12.4. The van der Waals surface area contributed by atoms with Gasteiger partial charge >= 0.3 is 5.97 Å². The molecule has 8 rings (SSSR count). The van der Waals surface area contributed by atoms with Gasteiger partial charge in [-0.3, -0.25) is 19.2 Å². The van der Waals surface area contributed by atoms with Gasteiger partial charge in [0.25, 0.3) is 0 Å². The molecule has 0 bridgehead atoms. The average molecular weight is 559 g/mol. The number of amides is 3. The fraction of sp³-hybridized carbons (Fsp3) is 0.500. The molecule has 4 saturated carbocycles. The van der Waals surface area contributed by atoms with Crippen molar-refractivity contribution in [2.24, 2.45) is 28.4 Å². The van der Waals surface area contributed by atoms with Crippen molar-refractivity contribution in [1.82, 2.24) is 16.0 Å². The van der Waals surface area contributed by atoms with Gasteiger partial charge in [-0.25, -0.2) is 0 Å². The number of hydrogen-bond donors (Lipinski definition) is 5. The minimum Gasteiger partial charge on any atom is -0.481 e. The molecule has 4 aliphatic carbocycles. The number of nitrogens with one attached hydrogen (secondary N) is 3. The van der Waals surface area contributed by atoms with Crippen molar-refractivity contribution < 1.29 is 24.3 Å². The largest absolute Gasteiger partial charge is 0.481 e. The number of hydrogen-bond acceptors (Lipinski definition) is 5. The molecule has 2 aliphatic heterocycles. The van der Waals surface area contributed by atoms with Gasteiger partial charge in [0.05, 0.1) is 34.9 Å². The van der Waals surface area contributed by atoms with Crippen molar-refractivity contribution in [3.05, 3.63) is 71.8 Å². The Morgan fingerprint density at radius 2 is 1.20 bits per heavy atom. The zero-order chi connectivity index (χ0) is 28.8. The lowest BCUT2D eigenvalue weighted by Crippen LogP contribution is -2.43. The first-order chi connectivity index (χ1) is 19.7. The van der Waals surface area contributed by atoms with Gasteiger partial charge in [-0.15, -0.1) is 0 Å². The summed E-state index contributed by atoms with van der Waals surface area (Å²) in [7, 11) is 0. The average Bonchev–Trinajstić information content (AvgIpc) is 3.84. The van der Waals surface area contributed by atoms with Crippen LogP contribution < -0.4 is 21.7 Å². The molecular weight excluding hydrogens is 520 g/mol. The molecule has 0 aromatic heterocycles. The molecule has 6 fully saturated rings. The van der Waals surface area contributed by atoms with E-state index in [0.29, 0.717) is 0 Å². The quantitative estimate of drug-likeness (QED) is 0.381. The van der Waals surface area contributed by atoms with Crippen LogP contribution in [-0.4, -0.2) is 40.9 Å². The first-order valence-corrected chi connectivity index (χ1v) is 14.8. The van der Waals surface area contributed by atoms with Crippen molar-refractivity contribution in [1.29, 1.82) is 0 Å². The fourth-order valence-electron chi connectivity index (χ4n) is 6.10. The molecule has 216 valence electrons. The fourth-order valence-corrected chi connectivity index (χ4v) is 6.10. The molecule has 2 unspecified atom stereocenters. The highest BCUT2D eigenvalue weighted by Crippen LogP contribution is 2.56. The number of nitrogens with two attached hydrogens (primary N) is 1. The van der Waals surface area contributed by atoms with Crippen LogP contribution in [0, 0.1) is 22.7 Å². The van der Waals surface area contributed by atoms with Gasteiger partial charge in [0.2, 0.25) is 17.7 Å². The number of rotatable bonds is 5. The van der Waals surface area contributed by atoms with E-state index < -0.39 is 5.97 Å². The van der Waals surface area contributed by atoms with Gasteiger partial charge in [0, 0.05) is 12.0 Å². The van der Waals surface area contributed by atoms with Crippen LogP contribution in [0.5, 0.6) is 0 Å². The van der Waals surface area contributed by atoms with Crippen molar-refractivity contribution in [2.45, 2.75) is 75.5 Å². The molecular formula is C32H38N4O5. The molecule has 3 amide bonds. The van der Waals surface area contributed by atoms with Crippen LogP contribution in [0.3, 0.4) is 0 Å². The van der Waals surface area contributed by atoms with E-state index in [1.54, 1.807) is 0 Å². The van der Waals surface area contributed by atoms with Crippen molar-refractivity contribution >= 4 is 23.7 Å². The van der Waals surface area contributed by atoms with Gasteiger partial charge in [-0.1, -0.05) is 60.7 Å². The van der Waals surface area contributed by atoms with Crippen LogP contribution in [0.15, 0.2) is 60.7 Å². The van der Waals surface area contributed by atoms with E-state index in [0.717, 1.165) is 62.5 Å². The lowest BCUT2D eigenvalue weighted by atomic mass is 9.91. The number of aliphatic carboxylic acids is 1. The Balaban J connectivity index is 0.000000126. The lowest BCUT2D eigenvalue weighted by Gasteiger charge is -2.24. The van der Waals surface area contributed by atoms with E-state index in [1.807, 2.05) is 60.7 Å². The Labute approximate surface area is 239 Å². The zero-order valence-electron chi connectivity index (χ0n) is 23.1. The summed E-state index contributed by atoms with van der Waals surface area (Å²) in [5.74, 6) is -0.0621. The molecule has 9 heteroatoms. The Hall–Kier alpha value is -3.72. The SMILES string of the molecule is N[C@@H]1C(c2ccccc2)NC(=O)C12CC2.O=C(N[C@@H]1C(c2ccccc2)NC(=O)C12CC2)C1CC1.O=C(O)C1CC1. The summed E-state index contributed by atoms with van der Waals surface area (Å²) < 4.78 is 0. The predicted molar refractivity (Wildman–Crippen MR) is 151 cm³/mol. The highest BCUT2D eigenvalue weighted by Gasteiger charge is 2.64. The molecule has 6 N–H and O–H groups in total. The molecule has 2 saturated heterocycles. The second-order valence-electron chi connectivity index (χ2n) is 12.4. The van der Waals surface area contributed by atoms with Gasteiger partial charge in [0.15, 0.2) is 0 Å². The van der Waals surface area contributed by atoms with E-state index in [4.69, 9.17) is 10.8 Å². The van der Waals surface area contributed by atoms with E-state index >= 15 is 0 Å². The summed E-state index contributed by atoms with van der Waals surface area (Å²) >= 11 is 0. The maximum Gasteiger partial charge on any atom is 0.306 e. The lowest BCUT2D eigenvalue weighted by molar-refractivity contribution is -0.138. The number of benzene rings is 2. The third-order valence-corrected chi connectivity index (χ3v) is 9.47. The van der Waals surface area contributed by atoms with Crippen LogP contribution in [0.1, 0.15) is 74.6 Å². The molecule has 2 aromatic carbocycles. The number of carbonyl (C=O) groups is 4. The van der Waals surface area contributed by atoms with Crippen LogP contribution in [0.25, 0.3) is 0 Å². The van der Waals surface area contributed by atoms with Gasteiger partial charge in [0.1, 0.15) is 0 Å². The maximum atomic E-state index is 12.3. The minimum absolute atomic E-state index is 0.00111. The summed E-state index contributed by atoms with van der Waals surface area (Å²) in [6.07, 6.45) is 7.44. The summed E-state index contributed by atoms with van der Waals surface area (Å²) in [5.41, 5.74) is 7.77. The van der Waals surface area contributed by atoms with E-state index in [-0.39, 0.29) is 64.6 Å². The zero-order valence-corrected chi connectivity index (χ0v) is 23.1. The molecule has 4 atom stereocenters. The standard InChI is InChI=1S/C16H18N2O2.C12H14N2O.C4H6O2/c19-14(11-6-7-11)18-13-12(10-4-2-1-3-5-10)17-15(20)16(13)8-9-16;13-10-9(8-4-2-1-3-5-8)14-11(15)12(10)6-7-12;5-4(6)3-1-2-3/h1-5,11-13H,6-9H2,(H,17,20)(H,18,19);1-5,9-10H,6-7,13H2,(H,14,15);3H,1-2H2,(H,5,6)/t12?,13-;9?,10-;/m11./s1. The molecule has 6 aliphatic rings.